The van der Waals surface area contributed by atoms with Gasteiger partial charge in [-0.05, 0) is 30.2 Å². The number of nitrogens with one attached hydrogen (secondary N) is 1. The van der Waals surface area contributed by atoms with Crippen molar-refractivity contribution in [2.75, 3.05) is 5.43 Å². The summed E-state index contributed by atoms with van der Waals surface area (Å²) in [7, 11) is 0. The number of nitrogens with zero attached hydrogens (tertiary/aromatic N) is 3. The SMILES string of the molecule is Cc1ccc(/C=N\Nc2ccc([N+](=O)[O-])cc2[N+](=O)[O-])cc1Br. The number of nitro groups is 2. The molecule has 0 radical (unpaired) electrons. The zero-order valence-corrected chi connectivity index (χ0v) is 13.5. The number of anilines is 1. The summed E-state index contributed by atoms with van der Waals surface area (Å²) in [4.78, 5) is 20.3. The third-order valence-electron chi connectivity index (χ3n) is 2.98. The lowest BCUT2D eigenvalue weighted by Crippen LogP contribution is -1.98. The maximum absolute atomic E-state index is 11.0. The van der Waals surface area contributed by atoms with Crippen LogP contribution in [0.2, 0.25) is 0 Å². The minimum atomic E-state index is -0.701. The number of hydrogen-bond acceptors (Lipinski definition) is 6. The molecule has 0 fully saturated rings. The van der Waals surface area contributed by atoms with E-state index in [1.807, 2.05) is 25.1 Å². The van der Waals surface area contributed by atoms with E-state index in [0.29, 0.717) is 0 Å². The highest BCUT2D eigenvalue weighted by Crippen LogP contribution is 2.28. The van der Waals surface area contributed by atoms with E-state index in [4.69, 9.17) is 0 Å². The van der Waals surface area contributed by atoms with Crippen molar-refractivity contribution in [2.24, 2.45) is 5.10 Å². The molecule has 0 unspecified atom stereocenters. The van der Waals surface area contributed by atoms with Gasteiger partial charge in [-0.15, -0.1) is 0 Å². The largest absolute Gasteiger partial charge is 0.301 e. The van der Waals surface area contributed by atoms with E-state index >= 15 is 0 Å². The number of non-ortho nitro benzene ring substituents is 1. The fourth-order valence-electron chi connectivity index (χ4n) is 1.74. The Kier molecular flexibility index (Phi) is 5.02. The predicted molar refractivity (Wildman–Crippen MR) is 89.8 cm³/mol. The van der Waals surface area contributed by atoms with Crippen molar-refractivity contribution in [2.45, 2.75) is 6.92 Å². The Morgan fingerprint density at radius 1 is 1.13 bits per heavy atom. The van der Waals surface area contributed by atoms with Crippen molar-refractivity contribution in [1.82, 2.24) is 0 Å². The van der Waals surface area contributed by atoms with Gasteiger partial charge in [0.2, 0.25) is 0 Å². The molecule has 2 aromatic rings. The lowest BCUT2D eigenvalue weighted by molar-refractivity contribution is -0.393. The predicted octanol–water partition coefficient (Wildman–Crippen LogP) is 4.02. The van der Waals surface area contributed by atoms with Crippen molar-refractivity contribution >= 4 is 39.2 Å². The van der Waals surface area contributed by atoms with Crippen LogP contribution in [0.1, 0.15) is 11.1 Å². The molecule has 0 bridgehead atoms. The summed E-state index contributed by atoms with van der Waals surface area (Å²) in [6, 6.07) is 8.91. The molecule has 0 heterocycles. The number of aryl methyl sites for hydroxylation is 1. The standard InChI is InChI=1S/C14H11BrN4O4/c1-9-2-3-10(6-12(9)15)8-16-17-13-5-4-11(18(20)21)7-14(13)19(22)23/h2-8,17H,1H3/b16-8-. The van der Waals surface area contributed by atoms with Gasteiger partial charge in [-0.2, -0.15) is 5.10 Å². The van der Waals surface area contributed by atoms with Crippen LogP contribution in [0.4, 0.5) is 17.1 Å². The summed E-state index contributed by atoms with van der Waals surface area (Å²) in [5.74, 6) is 0. The van der Waals surface area contributed by atoms with Gasteiger partial charge in [0, 0.05) is 10.5 Å². The van der Waals surface area contributed by atoms with E-state index in [1.165, 1.54) is 18.3 Å². The highest BCUT2D eigenvalue weighted by atomic mass is 79.9. The molecule has 0 saturated carbocycles. The molecule has 0 spiro atoms. The Bertz CT molecular complexity index is 807. The molecule has 2 rings (SSSR count). The van der Waals surface area contributed by atoms with Crippen LogP contribution >= 0.6 is 15.9 Å². The molecule has 9 heteroatoms. The van der Waals surface area contributed by atoms with E-state index in [9.17, 15) is 20.2 Å². The number of nitro benzene ring substituents is 2. The molecule has 0 aromatic heterocycles. The van der Waals surface area contributed by atoms with E-state index in [1.54, 1.807) is 0 Å². The van der Waals surface area contributed by atoms with Crippen LogP contribution in [0, 0.1) is 27.2 Å². The molecular weight excluding hydrogens is 368 g/mol. The van der Waals surface area contributed by atoms with Gasteiger partial charge < -0.3 is 0 Å². The zero-order chi connectivity index (χ0) is 17.0. The normalized spacial score (nSPS) is 10.7. The summed E-state index contributed by atoms with van der Waals surface area (Å²) in [5.41, 5.74) is 3.70. The van der Waals surface area contributed by atoms with Crippen molar-refractivity contribution in [3.05, 3.63) is 72.2 Å². The topological polar surface area (TPSA) is 111 Å². The molecule has 1 N–H and O–H groups in total. The Morgan fingerprint density at radius 2 is 1.87 bits per heavy atom. The molecule has 0 amide bonds. The van der Waals surface area contributed by atoms with Crippen LogP contribution < -0.4 is 5.43 Å². The van der Waals surface area contributed by atoms with E-state index < -0.39 is 15.5 Å². The first-order valence-corrected chi connectivity index (χ1v) is 7.16. The minimum Gasteiger partial charge on any atom is -0.272 e. The second-order valence-corrected chi connectivity index (χ2v) is 5.45. The fourth-order valence-corrected chi connectivity index (χ4v) is 2.14. The average Bonchev–Trinajstić information content (AvgIpc) is 2.50. The average molecular weight is 379 g/mol. The van der Waals surface area contributed by atoms with Crippen LogP contribution in [-0.4, -0.2) is 16.1 Å². The van der Waals surface area contributed by atoms with E-state index in [-0.39, 0.29) is 11.4 Å². The van der Waals surface area contributed by atoms with Crippen LogP contribution in [0.3, 0.4) is 0 Å². The second kappa shape index (κ2) is 6.97. The molecule has 0 aliphatic carbocycles. The number of halogens is 1. The Morgan fingerprint density at radius 3 is 2.48 bits per heavy atom. The van der Waals surface area contributed by atoms with Crippen molar-refractivity contribution < 1.29 is 9.85 Å². The van der Waals surface area contributed by atoms with Gasteiger partial charge in [-0.25, -0.2) is 0 Å². The number of hydrogen-bond donors (Lipinski definition) is 1. The molecule has 118 valence electrons. The van der Waals surface area contributed by atoms with Gasteiger partial charge in [0.25, 0.3) is 5.69 Å². The van der Waals surface area contributed by atoms with Crippen molar-refractivity contribution in [3.8, 4) is 0 Å². The lowest BCUT2D eigenvalue weighted by Gasteiger charge is -2.02. The molecule has 8 nitrogen and oxygen atoms in total. The third kappa shape index (κ3) is 4.10. The third-order valence-corrected chi connectivity index (χ3v) is 3.84. The summed E-state index contributed by atoms with van der Waals surface area (Å²) in [6.45, 7) is 1.95. The van der Waals surface area contributed by atoms with Crippen LogP contribution in [0.25, 0.3) is 0 Å². The number of benzene rings is 2. The molecule has 0 aliphatic heterocycles. The maximum Gasteiger partial charge on any atom is 0.301 e. The summed E-state index contributed by atoms with van der Waals surface area (Å²) >= 11 is 3.40. The van der Waals surface area contributed by atoms with Gasteiger partial charge in [-0.3, -0.25) is 25.7 Å². The van der Waals surface area contributed by atoms with Gasteiger partial charge in [0.1, 0.15) is 5.69 Å². The van der Waals surface area contributed by atoms with Gasteiger partial charge >= 0.3 is 5.69 Å². The first-order chi connectivity index (χ1) is 10.9. The Hall–Kier alpha value is -2.81. The summed E-state index contributed by atoms with van der Waals surface area (Å²) < 4.78 is 0.919. The molecule has 23 heavy (non-hydrogen) atoms. The zero-order valence-electron chi connectivity index (χ0n) is 11.9. The molecule has 0 atom stereocenters. The summed E-state index contributed by atoms with van der Waals surface area (Å²) in [5, 5.41) is 25.6. The van der Waals surface area contributed by atoms with Crippen LogP contribution in [-0.2, 0) is 0 Å². The molecular formula is C14H11BrN4O4. The van der Waals surface area contributed by atoms with Gasteiger partial charge in [0.15, 0.2) is 0 Å². The highest BCUT2D eigenvalue weighted by Gasteiger charge is 2.18. The van der Waals surface area contributed by atoms with Crippen LogP contribution in [0.15, 0.2) is 46.0 Å². The first-order valence-electron chi connectivity index (χ1n) is 6.36. The Labute approximate surface area is 139 Å². The smallest absolute Gasteiger partial charge is 0.272 e. The molecule has 2 aromatic carbocycles. The molecule has 0 saturated heterocycles. The fraction of sp³-hybridized carbons (Fsp3) is 0.0714. The summed E-state index contributed by atoms with van der Waals surface area (Å²) in [6.07, 6.45) is 1.50. The monoisotopic (exact) mass is 378 g/mol. The minimum absolute atomic E-state index is 0.0722. The van der Waals surface area contributed by atoms with Crippen molar-refractivity contribution in [1.29, 1.82) is 0 Å². The quantitative estimate of drug-likeness (QED) is 0.479. The number of rotatable bonds is 5. The Balaban J connectivity index is 2.22. The van der Waals surface area contributed by atoms with Gasteiger partial charge in [-0.1, -0.05) is 28.1 Å². The van der Waals surface area contributed by atoms with E-state index in [0.717, 1.165) is 21.7 Å². The van der Waals surface area contributed by atoms with Gasteiger partial charge in [0.05, 0.1) is 22.1 Å². The van der Waals surface area contributed by atoms with Crippen molar-refractivity contribution in [3.63, 3.8) is 0 Å². The maximum atomic E-state index is 11.0. The highest BCUT2D eigenvalue weighted by molar-refractivity contribution is 9.10. The second-order valence-electron chi connectivity index (χ2n) is 4.59. The lowest BCUT2D eigenvalue weighted by atomic mass is 10.2. The number of hydrazone groups is 1. The van der Waals surface area contributed by atoms with E-state index in [2.05, 4.69) is 26.5 Å². The van der Waals surface area contributed by atoms with Crippen LogP contribution in [0.5, 0.6) is 0 Å². The first kappa shape index (κ1) is 16.6. The molecule has 0 aliphatic rings.